The molecule has 1 saturated carbocycles. The van der Waals surface area contributed by atoms with Crippen LogP contribution in [-0.4, -0.2) is 45.9 Å². The van der Waals surface area contributed by atoms with Gasteiger partial charge in [0.25, 0.3) is 0 Å². The molecule has 1 aliphatic heterocycles. The van der Waals surface area contributed by atoms with E-state index in [9.17, 15) is 4.79 Å². The van der Waals surface area contributed by atoms with Gasteiger partial charge in [-0.3, -0.25) is 5.10 Å². The average molecular weight is 439 g/mol. The molecule has 0 spiro atoms. The van der Waals surface area contributed by atoms with Crippen molar-refractivity contribution in [3.63, 3.8) is 0 Å². The Balaban J connectivity index is 1.52. The number of urea groups is 1. The topological polar surface area (TPSA) is 84.2 Å². The van der Waals surface area contributed by atoms with Crippen LogP contribution in [0.15, 0.2) is 42.6 Å². The van der Waals surface area contributed by atoms with Crippen LogP contribution in [0.2, 0.25) is 0 Å². The van der Waals surface area contributed by atoms with Gasteiger partial charge in [-0.25, -0.2) is 4.79 Å². The third-order valence-electron chi connectivity index (χ3n) is 8.11. The standard InChI is InChI=1S/C26H38N4O2/c1-3-19(2)26(23(24-15-16-28-29-24)10-7-17-30(26)25(27)31)18-32-22-13-11-21(12-14-22)20-8-5-4-6-9-20/h4-6,8-9,15-16,19,21-23H,3,7,10-14,17-18H2,1-2H3,(H2,27,31)(H,28,29)/t19-,21?,22?,23?,26?/m1/s1. The first-order valence-corrected chi connectivity index (χ1v) is 12.3. The average Bonchev–Trinajstić information content (AvgIpc) is 3.37. The minimum atomic E-state index is -0.457. The maximum Gasteiger partial charge on any atom is 0.315 e. The highest BCUT2D eigenvalue weighted by Crippen LogP contribution is 2.47. The molecule has 2 aromatic rings. The summed E-state index contributed by atoms with van der Waals surface area (Å²) in [6.07, 6.45) is 9.33. The second-order valence-electron chi connectivity index (χ2n) is 9.69. The fourth-order valence-corrected chi connectivity index (χ4v) is 6.12. The van der Waals surface area contributed by atoms with E-state index in [0.29, 0.717) is 19.1 Å². The van der Waals surface area contributed by atoms with Crippen molar-refractivity contribution in [1.29, 1.82) is 0 Å². The Kier molecular flexibility index (Phi) is 7.19. The summed E-state index contributed by atoms with van der Waals surface area (Å²) in [6.45, 7) is 5.64. The SMILES string of the molecule is CC[C@@H](C)C1(COC2CCC(c3ccccc3)CC2)C(c2ccn[nH]2)CCCN1C(N)=O. The highest BCUT2D eigenvalue weighted by molar-refractivity contribution is 5.73. The summed E-state index contributed by atoms with van der Waals surface area (Å²) in [6, 6.07) is 12.5. The second-order valence-corrected chi connectivity index (χ2v) is 9.69. The zero-order valence-electron chi connectivity index (χ0n) is 19.5. The van der Waals surface area contributed by atoms with Gasteiger partial charge in [0.05, 0.1) is 18.2 Å². The molecule has 3 N–H and O–H groups in total. The number of nitrogens with one attached hydrogen (secondary N) is 1. The van der Waals surface area contributed by atoms with Crippen molar-refractivity contribution in [2.24, 2.45) is 11.7 Å². The molecule has 2 amide bonds. The number of hydrogen-bond acceptors (Lipinski definition) is 3. The third-order valence-corrected chi connectivity index (χ3v) is 8.11. The first kappa shape index (κ1) is 22.8. The lowest BCUT2D eigenvalue weighted by Gasteiger charge is -2.54. The van der Waals surface area contributed by atoms with Crippen LogP contribution in [0.4, 0.5) is 4.79 Å². The summed E-state index contributed by atoms with van der Waals surface area (Å²) in [5, 5.41) is 7.38. The van der Waals surface area contributed by atoms with E-state index in [-0.39, 0.29) is 24.0 Å². The molecule has 2 aliphatic rings. The number of hydrogen-bond donors (Lipinski definition) is 2. The van der Waals surface area contributed by atoms with Gasteiger partial charge >= 0.3 is 6.03 Å². The molecule has 6 heteroatoms. The Labute approximate surface area is 191 Å². The Bertz CT molecular complexity index is 848. The van der Waals surface area contributed by atoms with Crippen molar-refractivity contribution in [1.82, 2.24) is 15.1 Å². The number of ether oxygens (including phenoxy) is 1. The number of likely N-dealkylation sites (tertiary alicyclic amines) is 1. The predicted molar refractivity (Wildman–Crippen MR) is 126 cm³/mol. The minimum absolute atomic E-state index is 0.141. The number of piperidine rings is 1. The van der Waals surface area contributed by atoms with E-state index >= 15 is 0 Å². The zero-order valence-corrected chi connectivity index (χ0v) is 19.5. The van der Waals surface area contributed by atoms with E-state index in [0.717, 1.165) is 50.6 Å². The Hall–Kier alpha value is -2.34. The number of nitrogens with zero attached hydrogens (tertiary/aromatic N) is 2. The fourth-order valence-electron chi connectivity index (χ4n) is 6.12. The number of aromatic nitrogens is 2. The number of benzene rings is 1. The summed E-state index contributed by atoms with van der Waals surface area (Å²) in [4.78, 5) is 14.5. The van der Waals surface area contributed by atoms with E-state index in [1.165, 1.54) is 5.56 Å². The Morgan fingerprint density at radius 2 is 1.97 bits per heavy atom. The zero-order chi connectivity index (χ0) is 22.6. The largest absolute Gasteiger partial charge is 0.376 e. The van der Waals surface area contributed by atoms with E-state index in [1.54, 1.807) is 6.20 Å². The van der Waals surface area contributed by atoms with Crippen LogP contribution in [-0.2, 0) is 4.74 Å². The number of amides is 2. The smallest absolute Gasteiger partial charge is 0.315 e. The predicted octanol–water partition coefficient (Wildman–Crippen LogP) is 5.20. The maximum atomic E-state index is 12.6. The number of carbonyl (C=O) groups excluding carboxylic acids is 1. The normalized spacial score (nSPS) is 29.6. The van der Waals surface area contributed by atoms with E-state index < -0.39 is 5.54 Å². The van der Waals surface area contributed by atoms with Gasteiger partial charge in [-0.05, 0) is 62.0 Å². The molecule has 6 nitrogen and oxygen atoms in total. The van der Waals surface area contributed by atoms with Crippen LogP contribution in [0.25, 0.3) is 0 Å². The third kappa shape index (κ3) is 4.42. The van der Waals surface area contributed by atoms with E-state index in [1.807, 2.05) is 11.0 Å². The molecule has 4 rings (SSSR count). The van der Waals surface area contributed by atoms with Crippen molar-refractivity contribution in [2.45, 2.75) is 82.3 Å². The second kappa shape index (κ2) is 10.1. The van der Waals surface area contributed by atoms with Crippen molar-refractivity contribution >= 4 is 6.03 Å². The molecule has 2 unspecified atom stereocenters. The number of aromatic amines is 1. The molecule has 174 valence electrons. The van der Waals surface area contributed by atoms with Crippen LogP contribution >= 0.6 is 0 Å². The molecule has 1 aliphatic carbocycles. The summed E-state index contributed by atoms with van der Waals surface area (Å²) in [5.41, 5.74) is 8.01. The lowest BCUT2D eigenvalue weighted by molar-refractivity contribution is -0.0854. The van der Waals surface area contributed by atoms with Crippen LogP contribution in [0.5, 0.6) is 0 Å². The summed E-state index contributed by atoms with van der Waals surface area (Å²) in [7, 11) is 0. The molecule has 1 saturated heterocycles. The summed E-state index contributed by atoms with van der Waals surface area (Å²) < 4.78 is 6.66. The summed E-state index contributed by atoms with van der Waals surface area (Å²) >= 11 is 0. The fraction of sp³-hybridized carbons (Fsp3) is 0.615. The van der Waals surface area contributed by atoms with Crippen molar-refractivity contribution in [3.05, 3.63) is 53.9 Å². The molecule has 1 aromatic carbocycles. The number of rotatable bonds is 7. The van der Waals surface area contributed by atoms with Crippen LogP contribution < -0.4 is 5.73 Å². The van der Waals surface area contributed by atoms with Crippen LogP contribution in [0.3, 0.4) is 0 Å². The number of carbonyl (C=O) groups is 1. The highest BCUT2D eigenvalue weighted by atomic mass is 16.5. The number of primary amides is 1. The van der Waals surface area contributed by atoms with Gasteiger partial charge in [-0.15, -0.1) is 0 Å². The van der Waals surface area contributed by atoms with Gasteiger partial charge in [-0.1, -0.05) is 50.6 Å². The molecule has 0 bridgehead atoms. The quantitative estimate of drug-likeness (QED) is 0.623. The van der Waals surface area contributed by atoms with Gasteiger partial charge < -0.3 is 15.4 Å². The van der Waals surface area contributed by atoms with E-state index in [2.05, 4.69) is 54.4 Å². The highest BCUT2D eigenvalue weighted by Gasteiger charge is 2.52. The van der Waals surface area contributed by atoms with Crippen molar-refractivity contribution in [2.75, 3.05) is 13.2 Å². The minimum Gasteiger partial charge on any atom is -0.376 e. The lowest BCUT2D eigenvalue weighted by Crippen LogP contribution is -2.65. The molecular formula is C26H38N4O2. The van der Waals surface area contributed by atoms with Crippen molar-refractivity contribution < 1.29 is 9.53 Å². The van der Waals surface area contributed by atoms with Crippen LogP contribution in [0.1, 0.15) is 81.9 Å². The molecule has 0 radical (unpaired) electrons. The van der Waals surface area contributed by atoms with Gasteiger partial charge in [0, 0.05) is 24.4 Å². The van der Waals surface area contributed by atoms with Gasteiger partial charge in [0.2, 0.25) is 0 Å². The monoisotopic (exact) mass is 438 g/mol. The van der Waals surface area contributed by atoms with Crippen molar-refractivity contribution in [3.8, 4) is 0 Å². The molecule has 3 atom stereocenters. The Morgan fingerprint density at radius 3 is 2.59 bits per heavy atom. The number of H-pyrrole nitrogens is 1. The molecule has 2 fully saturated rings. The molecule has 32 heavy (non-hydrogen) atoms. The van der Waals surface area contributed by atoms with Gasteiger partial charge in [-0.2, -0.15) is 5.10 Å². The molecular weight excluding hydrogens is 400 g/mol. The van der Waals surface area contributed by atoms with Gasteiger partial charge in [0.15, 0.2) is 0 Å². The lowest BCUT2D eigenvalue weighted by atomic mass is 9.67. The summed E-state index contributed by atoms with van der Waals surface area (Å²) in [5.74, 6) is 1.01. The van der Waals surface area contributed by atoms with Gasteiger partial charge in [0.1, 0.15) is 0 Å². The number of nitrogens with two attached hydrogens (primary N) is 1. The molecule has 1 aromatic heterocycles. The van der Waals surface area contributed by atoms with Crippen LogP contribution in [0, 0.1) is 5.92 Å². The first-order valence-electron chi connectivity index (χ1n) is 12.3. The Morgan fingerprint density at radius 1 is 1.22 bits per heavy atom. The van der Waals surface area contributed by atoms with E-state index in [4.69, 9.17) is 10.5 Å². The molecule has 2 heterocycles. The maximum absolute atomic E-state index is 12.6. The first-order chi connectivity index (χ1) is 15.6.